The number of rotatable bonds is 7. The first-order chi connectivity index (χ1) is 15.1. The van der Waals surface area contributed by atoms with E-state index in [1.165, 1.54) is 6.07 Å². The van der Waals surface area contributed by atoms with E-state index in [-0.39, 0.29) is 18.3 Å². The molecule has 0 radical (unpaired) electrons. The van der Waals surface area contributed by atoms with Crippen molar-refractivity contribution in [1.29, 1.82) is 0 Å². The van der Waals surface area contributed by atoms with Crippen molar-refractivity contribution in [2.75, 3.05) is 0 Å². The van der Waals surface area contributed by atoms with Crippen LogP contribution in [0.15, 0.2) is 89.3 Å². The van der Waals surface area contributed by atoms with Crippen LogP contribution < -0.4 is 10.1 Å². The van der Waals surface area contributed by atoms with Crippen LogP contribution in [0.5, 0.6) is 5.75 Å². The average molecular weight is 436 g/mol. The molecule has 0 saturated heterocycles. The second-order valence-corrected chi connectivity index (χ2v) is 7.30. The molecule has 0 aliphatic heterocycles. The number of nitrogens with one attached hydrogen (secondary N) is 1. The van der Waals surface area contributed by atoms with Gasteiger partial charge >= 0.3 is 0 Å². The third-order valence-corrected chi connectivity index (χ3v) is 4.91. The molecule has 0 saturated carbocycles. The molecule has 156 valence electrons. The Bertz CT molecular complexity index is 1170. The maximum absolute atomic E-state index is 13.9. The molecule has 1 aromatic heterocycles. The molecule has 0 atom stereocenters. The van der Waals surface area contributed by atoms with Gasteiger partial charge in [0.1, 0.15) is 29.7 Å². The standard InChI is InChI=1S/C25H19ClFNO3/c26-19-9-5-17(6-10-19)16-30-20-11-7-18(8-12-20)25(29)28-15-21-13-14-24(31-21)22-3-1-2-4-23(22)27/h1-14H,15-16H2,(H,28,29). The molecule has 0 bridgehead atoms. The first-order valence-electron chi connectivity index (χ1n) is 9.67. The molecule has 0 fully saturated rings. The van der Waals surface area contributed by atoms with E-state index in [1.807, 2.05) is 24.3 Å². The van der Waals surface area contributed by atoms with Crippen molar-refractivity contribution in [2.24, 2.45) is 0 Å². The fraction of sp³-hybridized carbons (Fsp3) is 0.0800. The van der Waals surface area contributed by atoms with Crippen LogP contribution in [0.4, 0.5) is 4.39 Å². The third-order valence-electron chi connectivity index (χ3n) is 4.66. The second kappa shape index (κ2) is 9.49. The van der Waals surface area contributed by atoms with Crippen LogP contribution in [0.2, 0.25) is 5.02 Å². The molecular weight excluding hydrogens is 417 g/mol. The van der Waals surface area contributed by atoms with E-state index >= 15 is 0 Å². The molecule has 1 heterocycles. The first-order valence-corrected chi connectivity index (χ1v) is 10.1. The van der Waals surface area contributed by atoms with Crippen molar-refractivity contribution in [3.05, 3.63) is 113 Å². The van der Waals surface area contributed by atoms with Gasteiger partial charge in [-0.05, 0) is 66.2 Å². The molecule has 0 spiro atoms. The zero-order chi connectivity index (χ0) is 21.6. The summed E-state index contributed by atoms with van der Waals surface area (Å²) < 4.78 is 25.3. The second-order valence-electron chi connectivity index (χ2n) is 6.87. The smallest absolute Gasteiger partial charge is 0.251 e. The minimum atomic E-state index is -0.356. The maximum Gasteiger partial charge on any atom is 0.251 e. The van der Waals surface area contributed by atoms with Crippen molar-refractivity contribution in [2.45, 2.75) is 13.2 Å². The van der Waals surface area contributed by atoms with Gasteiger partial charge in [0.25, 0.3) is 5.91 Å². The van der Waals surface area contributed by atoms with Gasteiger partial charge in [-0.1, -0.05) is 35.9 Å². The predicted octanol–water partition coefficient (Wildman–Crippen LogP) is 6.25. The van der Waals surface area contributed by atoms with E-state index in [0.717, 1.165) is 5.56 Å². The van der Waals surface area contributed by atoms with Gasteiger partial charge in [0.15, 0.2) is 0 Å². The lowest BCUT2D eigenvalue weighted by molar-refractivity contribution is 0.0948. The van der Waals surface area contributed by atoms with Crippen LogP contribution in [0, 0.1) is 5.82 Å². The number of amides is 1. The highest BCUT2D eigenvalue weighted by Gasteiger charge is 2.11. The molecule has 4 nitrogen and oxygen atoms in total. The summed E-state index contributed by atoms with van der Waals surface area (Å²) in [6.07, 6.45) is 0. The van der Waals surface area contributed by atoms with Crippen molar-refractivity contribution in [1.82, 2.24) is 5.32 Å². The van der Waals surface area contributed by atoms with Crippen molar-refractivity contribution in [3.8, 4) is 17.1 Å². The molecule has 4 aromatic rings. The van der Waals surface area contributed by atoms with Crippen LogP contribution in [-0.2, 0) is 13.2 Å². The maximum atomic E-state index is 13.9. The SMILES string of the molecule is O=C(NCc1ccc(-c2ccccc2F)o1)c1ccc(OCc2ccc(Cl)cc2)cc1. The van der Waals surface area contributed by atoms with E-state index < -0.39 is 0 Å². The van der Waals surface area contributed by atoms with Gasteiger partial charge in [0.2, 0.25) is 0 Å². The lowest BCUT2D eigenvalue weighted by atomic mass is 10.1. The Hall–Kier alpha value is -3.57. The number of carbonyl (C=O) groups is 1. The minimum Gasteiger partial charge on any atom is -0.489 e. The van der Waals surface area contributed by atoms with E-state index in [1.54, 1.807) is 54.6 Å². The summed E-state index contributed by atoms with van der Waals surface area (Å²) in [5.41, 5.74) is 1.88. The Morgan fingerprint density at radius 3 is 2.42 bits per heavy atom. The monoisotopic (exact) mass is 435 g/mol. The number of ether oxygens (including phenoxy) is 1. The highest BCUT2D eigenvalue weighted by molar-refractivity contribution is 6.30. The molecule has 1 amide bonds. The molecule has 1 N–H and O–H groups in total. The molecule has 0 aliphatic carbocycles. The molecule has 0 aliphatic rings. The predicted molar refractivity (Wildman–Crippen MR) is 117 cm³/mol. The Balaban J connectivity index is 1.31. The Labute approximate surface area is 184 Å². The number of hydrogen-bond donors (Lipinski definition) is 1. The topological polar surface area (TPSA) is 51.5 Å². The quantitative estimate of drug-likeness (QED) is 0.373. The normalized spacial score (nSPS) is 10.6. The summed E-state index contributed by atoms with van der Waals surface area (Å²) >= 11 is 5.88. The summed E-state index contributed by atoms with van der Waals surface area (Å²) in [7, 11) is 0. The lowest BCUT2D eigenvalue weighted by Gasteiger charge is -2.08. The largest absolute Gasteiger partial charge is 0.489 e. The number of hydrogen-bond acceptors (Lipinski definition) is 3. The van der Waals surface area contributed by atoms with Crippen molar-refractivity contribution < 1.29 is 18.3 Å². The third kappa shape index (κ3) is 5.32. The van der Waals surface area contributed by atoms with Crippen LogP contribution in [0.1, 0.15) is 21.7 Å². The van der Waals surface area contributed by atoms with E-state index in [0.29, 0.717) is 40.0 Å². The fourth-order valence-electron chi connectivity index (χ4n) is 3.00. The van der Waals surface area contributed by atoms with Gasteiger partial charge in [0, 0.05) is 10.6 Å². The number of carbonyl (C=O) groups excluding carboxylic acids is 1. The molecule has 0 unspecified atom stereocenters. The summed E-state index contributed by atoms with van der Waals surface area (Å²) in [5, 5.41) is 3.48. The van der Waals surface area contributed by atoms with Gasteiger partial charge in [-0.25, -0.2) is 4.39 Å². The Morgan fingerprint density at radius 2 is 1.68 bits per heavy atom. The Morgan fingerprint density at radius 1 is 0.935 bits per heavy atom. The number of furan rings is 1. The van der Waals surface area contributed by atoms with Gasteiger partial charge in [-0.15, -0.1) is 0 Å². The molecule has 6 heteroatoms. The van der Waals surface area contributed by atoms with E-state index in [4.69, 9.17) is 20.8 Å². The molecule has 4 rings (SSSR count). The highest BCUT2D eigenvalue weighted by Crippen LogP contribution is 2.24. The van der Waals surface area contributed by atoms with Gasteiger partial charge < -0.3 is 14.5 Å². The van der Waals surface area contributed by atoms with Crippen molar-refractivity contribution >= 4 is 17.5 Å². The summed E-state index contributed by atoms with van der Waals surface area (Å²) in [4.78, 5) is 12.4. The fourth-order valence-corrected chi connectivity index (χ4v) is 3.12. The number of benzene rings is 3. The van der Waals surface area contributed by atoms with Crippen molar-refractivity contribution in [3.63, 3.8) is 0 Å². The number of halogens is 2. The lowest BCUT2D eigenvalue weighted by Crippen LogP contribution is -2.22. The minimum absolute atomic E-state index is 0.197. The summed E-state index contributed by atoms with van der Waals surface area (Å²) in [6.45, 7) is 0.605. The summed E-state index contributed by atoms with van der Waals surface area (Å²) in [6, 6.07) is 24.1. The molecule has 31 heavy (non-hydrogen) atoms. The van der Waals surface area contributed by atoms with Crippen LogP contribution in [-0.4, -0.2) is 5.91 Å². The molecular formula is C25H19ClFNO3. The summed E-state index contributed by atoms with van der Waals surface area (Å²) in [5.74, 6) is 1.02. The Kier molecular flexibility index (Phi) is 6.34. The average Bonchev–Trinajstić information content (AvgIpc) is 3.26. The van der Waals surface area contributed by atoms with E-state index in [2.05, 4.69) is 5.32 Å². The van der Waals surface area contributed by atoms with Crippen LogP contribution in [0.3, 0.4) is 0 Å². The zero-order valence-corrected chi connectivity index (χ0v) is 17.2. The van der Waals surface area contributed by atoms with Gasteiger partial charge in [0.05, 0.1) is 12.1 Å². The van der Waals surface area contributed by atoms with Gasteiger partial charge in [-0.2, -0.15) is 0 Å². The first kappa shape index (κ1) is 20.7. The zero-order valence-electron chi connectivity index (χ0n) is 16.5. The van der Waals surface area contributed by atoms with E-state index in [9.17, 15) is 9.18 Å². The highest BCUT2D eigenvalue weighted by atomic mass is 35.5. The van der Waals surface area contributed by atoms with Crippen LogP contribution in [0.25, 0.3) is 11.3 Å². The molecule has 3 aromatic carbocycles. The van der Waals surface area contributed by atoms with Gasteiger partial charge in [-0.3, -0.25) is 4.79 Å². The van der Waals surface area contributed by atoms with Crippen LogP contribution >= 0.6 is 11.6 Å².